The van der Waals surface area contributed by atoms with E-state index in [4.69, 9.17) is 5.11 Å². The van der Waals surface area contributed by atoms with E-state index < -0.39 is 10.0 Å². The van der Waals surface area contributed by atoms with Crippen LogP contribution in [0.1, 0.15) is 12.5 Å². The topological polar surface area (TPSA) is 66.4 Å². The Balaban J connectivity index is 2.88. The number of benzene rings is 1. The van der Waals surface area contributed by atoms with Crippen molar-refractivity contribution in [1.29, 1.82) is 0 Å². The SMILES string of the molecule is CSCC(C)CNS(=O)(=O)c1cc(CO)ccc1Br. The quantitative estimate of drug-likeness (QED) is 0.775. The second-order valence-electron chi connectivity index (χ2n) is 4.34. The van der Waals surface area contributed by atoms with Gasteiger partial charge < -0.3 is 5.11 Å². The van der Waals surface area contributed by atoms with Gasteiger partial charge in [-0.05, 0) is 51.6 Å². The standard InChI is InChI=1S/C12H18BrNO3S2/c1-9(8-18-2)6-14-19(16,17)12-5-10(7-15)3-4-11(12)13/h3-5,9,14-15H,6-8H2,1-2H3. The van der Waals surface area contributed by atoms with Crippen LogP contribution in [0.2, 0.25) is 0 Å². The second kappa shape index (κ2) is 7.64. The average molecular weight is 368 g/mol. The van der Waals surface area contributed by atoms with Crippen LogP contribution in [0.3, 0.4) is 0 Å². The van der Waals surface area contributed by atoms with E-state index in [9.17, 15) is 8.42 Å². The predicted octanol–water partition coefficient (Wildman–Crippen LogP) is 2.22. The first kappa shape index (κ1) is 17.0. The summed E-state index contributed by atoms with van der Waals surface area (Å²) in [5, 5.41) is 9.07. The molecule has 108 valence electrons. The number of sulfonamides is 1. The van der Waals surface area contributed by atoms with Crippen molar-refractivity contribution in [1.82, 2.24) is 4.72 Å². The molecule has 1 atom stereocenters. The number of hydrogen-bond acceptors (Lipinski definition) is 4. The smallest absolute Gasteiger partial charge is 0.241 e. The molecule has 0 spiro atoms. The molecule has 19 heavy (non-hydrogen) atoms. The van der Waals surface area contributed by atoms with Gasteiger partial charge in [0, 0.05) is 11.0 Å². The van der Waals surface area contributed by atoms with Crippen LogP contribution in [-0.4, -0.2) is 32.1 Å². The molecular formula is C12H18BrNO3S2. The molecule has 4 nitrogen and oxygen atoms in total. The van der Waals surface area contributed by atoms with Gasteiger partial charge in [0.15, 0.2) is 0 Å². The second-order valence-corrected chi connectivity index (χ2v) is 7.84. The van der Waals surface area contributed by atoms with E-state index in [0.29, 0.717) is 16.6 Å². The van der Waals surface area contributed by atoms with Crippen molar-refractivity contribution >= 4 is 37.7 Å². The molecule has 0 heterocycles. The zero-order valence-corrected chi connectivity index (χ0v) is 14.1. The molecule has 0 radical (unpaired) electrons. The first-order valence-electron chi connectivity index (χ1n) is 5.78. The molecule has 0 saturated heterocycles. The van der Waals surface area contributed by atoms with Gasteiger partial charge in [0.25, 0.3) is 0 Å². The van der Waals surface area contributed by atoms with E-state index in [2.05, 4.69) is 20.7 Å². The number of thioether (sulfide) groups is 1. The molecular weight excluding hydrogens is 350 g/mol. The third-order valence-corrected chi connectivity index (χ3v) is 5.86. The van der Waals surface area contributed by atoms with Crippen molar-refractivity contribution in [2.24, 2.45) is 5.92 Å². The average Bonchev–Trinajstić information content (AvgIpc) is 2.37. The maximum atomic E-state index is 12.2. The summed E-state index contributed by atoms with van der Waals surface area (Å²) in [5.41, 5.74) is 0.570. The van der Waals surface area contributed by atoms with Crippen LogP contribution in [0.4, 0.5) is 0 Å². The van der Waals surface area contributed by atoms with E-state index in [1.54, 1.807) is 23.9 Å². The van der Waals surface area contributed by atoms with Crippen LogP contribution in [-0.2, 0) is 16.6 Å². The van der Waals surface area contributed by atoms with Crippen molar-refractivity contribution in [2.75, 3.05) is 18.6 Å². The van der Waals surface area contributed by atoms with Crippen LogP contribution >= 0.6 is 27.7 Å². The first-order chi connectivity index (χ1) is 8.90. The highest BCUT2D eigenvalue weighted by atomic mass is 79.9. The van der Waals surface area contributed by atoms with Crippen LogP contribution in [0.15, 0.2) is 27.6 Å². The van der Waals surface area contributed by atoms with Crippen LogP contribution in [0, 0.1) is 5.92 Å². The molecule has 7 heteroatoms. The first-order valence-corrected chi connectivity index (χ1v) is 9.45. The van der Waals surface area contributed by atoms with Gasteiger partial charge in [0.2, 0.25) is 10.0 Å². The predicted molar refractivity (Wildman–Crippen MR) is 82.8 cm³/mol. The van der Waals surface area contributed by atoms with Gasteiger partial charge in [0.05, 0.1) is 11.5 Å². The van der Waals surface area contributed by atoms with E-state index in [1.807, 2.05) is 13.2 Å². The summed E-state index contributed by atoms with van der Waals surface area (Å²) in [4.78, 5) is 0.162. The third kappa shape index (κ3) is 5.07. The molecule has 0 aliphatic rings. The Labute approximate surface area is 127 Å². The summed E-state index contributed by atoms with van der Waals surface area (Å²) >= 11 is 4.92. The highest BCUT2D eigenvalue weighted by Crippen LogP contribution is 2.23. The fourth-order valence-corrected chi connectivity index (χ4v) is 4.39. The Hall–Kier alpha value is -0.0800. The lowest BCUT2D eigenvalue weighted by atomic mass is 10.2. The minimum Gasteiger partial charge on any atom is -0.392 e. The van der Waals surface area contributed by atoms with Crippen LogP contribution in [0.5, 0.6) is 0 Å². The largest absolute Gasteiger partial charge is 0.392 e. The molecule has 1 rings (SSSR count). The van der Waals surface area contributed by atoms with Gasteiger partial charge in [-0.3, -0.25) is 0 Å². The highest BCUT2D eigenvalue weighted by molar-refractivity contribution is 9.10. The fraction of sp³-hybridized carbons (Fsp3) is 0.500. The number of rotatable bonds is 7. The number of aliphatic hydroxyl groups excluding tert-OH is 1. The molecule has 0 bridgehead atoms. The van der Waals surface area contributed by atoms with Gasteiger partial charge in [0.1, 0.15) is 0 Å². The Morgan fingerprint density at radius 2 is 2.16 bits per heavy atom. The molecule has 0 amide bonds. The lowest BCUT2D eigenvalue weighted by molar-refractivity contribution is 0.281. The van der Waals surface area contributed by atoms with Crippen LogP contribution < -0.4 is 4.72 Å². The Morgan fingerprint density at radius 3 is 2.74 bits per heavy atom. The Morgan fingerprint density at radius 1 is 1.47 bits per heavy atom. The summed E-state index contributed by atoms with van der Waals surface area (Å²) in [6.07, 6.45) is 1.99. The maximum absolute atomic E-state index is 12.2. The lowest BCUT2D eigenvalue weighted by Crippen LogP contribution is -2.29. The minimum absolute atomic E-state index is 0.162. The van der Waals surface area contributed by atoms with Crippen molar-refractivity contribution in [3.63, 3.8) is 0 Å². The van der Waals surface area contributed by atoms with Crippen LogP contribution in [0.25, 0.3) is 0 Å². The molecule has 0 saturated carbocycles. The number of aliphatic hydroxyl groups is 1. The number of hydrogen-bond donors (Lipinski definition) is 2. The zero-order chi connectivity index (χ0) is 14.5. The Kier molecular flexibility index (Phi) is 6.82. The molecule has 2 N–H and O–H groups in total. The fourth-order valence-electron chi connectivity index (χ4n) is 1.53. The van der Waals surface area contributed by atoms with E-state index in [-0.39, 0.29) is 17.4 Å². The van der Waals surface area contributed by atoms with Crippen molar-refractivity contribution in [2.45, 2.75) is 18.4 Å². The summed E-state index contributed by atoms with van der Waals surface area (Å²) in [6.45, 7) is 2.22. The van der Waals surface area contributed by atoms with Gasteiger partial charge >= 0.3 is 0 Å². The summed E-state index contributed by atoms with van der Waals surface area (Å²) in [6, 6.07) is 4.79. The Bertz CT molecular complexity index is 520. The van der Waals surface area contributed by atoms with E-state index >= 15 is 0 Å². The molecule has 0 fully saturated rings. The normalized spacial score (nSPS) is 13.5. The van der Waals surface area contributed by atoms with E-state index in [0.717, 1.165) is 5.75 Å². The highest BCUT2D eigenvalue weighted by Gasteiger charge is 2.18. The monoisotopic (exact) mass is 367 g/mol. The maximum Gasteiger partial charge on any atom is 0.241 e. The molecule has 1 unspecified atom stereocenters. The van der Waals surface area contributed by atoms with Crippen molar-refractivity contribution < 1.29 is 13.5 Å². The third-order valence-electron chi connectivity index (χ3n) is 2.54. The number of halogens is 1. The summed E-state index contributed by atoms with van der Waals surface area (Å²) < 4.78 is 27.5. The number of nitrogens with one attached hydrogen (secondary N) is 1. The molecule has 1 aromatic rings. The van der Waals surface area contributed by atoms with Gasteiger partial charge in [-0.25, -0.2) is 13.1 Å². The summed E-state index contributed by atoms with van der Waals surface area (Å²) in [7, 11) is -3.55. The molecule has 0 aromatic heterocycles. The summed E-state index contributed by atoms with van der Waals surface area (Å²) in [5.74, 6) is 1.17. The van der Waals surface area contributed by atoms with E-state index in [1.165, 1.54) is 6.07 Å². The zero-order valence-electron chi connectivity index (χ0n) is 10.9. The molecule has 1 aromatic carbocycles. The van der Waals surface area contributed by atoms with Crippen molar-refractivity contribution in [3.8, 4) is 0 Å². The molecule has 0 aliphatic carbocycles. The minimum atomic E-state index is -3.55. The lowest BCUT2D eigenvalue weighted by Gasteiger charge is -2.13. The van der Waals surface area contributed by atoms with Gasteiger partial charge in [-0.1, -0.05) is 13.0 Å². The van der Waals surface area contributed by atoms with Gasteiger partial charge in [-0.2, -0.15) is 11.8 Å². The van der Waals surface area contributed by atoms with Crippen molar-refractivity contribution in [3.05, 3.63) is 28.2 Å². The van der Waals surface area contributed by atoms with Gasteiger partial charge in [-0.15, -0.1) is 0 Å². The molecule has 0 aliphatic heterocycles.